The summed E-state index contributed by atoms with van der Waals surface area (Å²) in [5.74, 6) is 0. The number of ether oxygens (including phenoxy) is 1. The second-order valence-corrected chi connectivity index (χ2v) is 10.9. The largest absolute Gasteiger partial charge is 0.444 e. The van der Waals surface area contributed by atoms with Crippen molar-refractivity contribution >= 4 is 17.4 Å². The Hall–Kier alpha value is -4.33. The molecule has 0 fully saturated rings. The third-order valence-corrected chi connectivity index (χ3v) is 7.52. The number of thiazole rings is 1. The highest BCUT2D eigenvalue weighted by molar-refractivity contribution is 7.09. The second-order valence-electron chi connectivity index (χ2n) is 9.89. The number of hydrogen-bond acceptors (Lipinski definition) is 6. The fourth-order valence-electron chi connectivity index (χ4n) is 4.69. The van der Waals surface area contributed by atoms with Gasteiger partial charge in [0.1, 0.15) is 6.61 Å². The van der Waals surface area contributed by atoms with Gasteiger partial charge in [0, 0.05) is 50.7 Å². The fraction of sp³-hybridized carbons (Fsp3) is 0.206. The second kappa shape index (κ2) is 14.9. The van der Waals surface area contributed by atoms with Crippen molar-refractivity contribution in [3.05, 3.63) is 143 Å². The van der Waals surface area contributed by atoms with Crippen molar-refractivity contribution < 1.29 is 9.53 Å². The maximum atomic E-state index is 13.1. The van der Waals surface area contributed by atoms with E-state index in [1.165, 1.54) is 22.5 Å². The number of pyridine rings is 1. The van der Waals surface area contributed by atoms with Crippen LogP contribution in [0.4, 0.5) is 4.79 Å². The molecule has 2 heterocycles. The lowest BCUT2D eigenvalue weighted by atomic mass is 10.1. The first-order valence-electron chi connectivity index (χ1n) is 13.8. The minimum absolute atomic E-state index is 0.240. The molecule has 0 bridgehead atoms. The molecule has 0 saturated heterocycles. The minimum Gasteiger partial charge on any atom is -0.444 e. The molecule has 0 aliphatic carbocycles. The van der Waals surface area contributed by atoms with E-state index in [1.807, 2.05) is 60.8 Å². The molecule has 41 heavy (non-hydrogen) atoms. The van der Waals surface area contributed by atoms with E-state index in [0.29, 0.717) is 13.1 Å². The molecule has 7 heteroatoms. The lowest BCUT2D eigenvalue weighted by molar-refractivity contribution is 0.0921. The maximum absolute atomic E-state index is 13.1. The highest BCUT2D eigenvalue weighted by Gasteiger charge is 2.17. The van der Waals surface area contributed by atoms with Crippen LogP contribution in [0.2, 0.25) is 0 Å². The summed E-state index contributed by atoms with van der Waals surface area (Å²) in [5, 5.41) is 0. The van der Waals surface area contributed by atoms with Gasteiger partial charge in [-0.25, -0.2) is 4.79 Å². The smallest absolute Gasteiger partial charge is 0.410 e. The average Bonchev–Trinajstić information content (AvgIpc) is 3.55. The SMILES string of the molecule is O=C(OCc1cncs1)N(CCCN(Cc1ccccc1)Cc1ccc(-c2ccccn2)cc1)Cc1ccccc1. The highest BCUT2D eigenvalue weighted by Crippen LogP contribution is 2.19. The molecule has 1 amide bonds. The van der Waals surface area contributed by atoms with Gasteiger partial charge in [-0.2, -0.15) is 0 Å². The van der Waals surface area contributed by atoms with Crippen LogP contribution < -0.4 is 0 Å². The van der Waals surface area contributed by atoms with Crippen molar-refractivity contribution in [2.75, 3.05) is 13.1 Å². The van der Waals surface area contributed by atoms with Crippen LogP contribution in [0.15, 0.2) is 121 Å². The van der Waals surface area contributed by atoms with E-state index in [4.69, 9.17) is 4.74 Å². The molecule has 0 radical (unpaired) electrons. The van der Waals surface area contributed by atoms with E-state index >= 15 is 0 Å². The molecular formula is C34H34N4O2S. The molecule has 5 aromatic rings. The summed E-state index contributed by atoms with van der Waals surface area (Å²) < 4.78 is 5.66. The first-order chi connectivity index (χ1) is 20.2. The van der Waals surface area contributed by atoms with E-state index in [9.17, 15) is 4.79 Å². The van der Waals surface area contributed by atoms with Gasteiger partial charge in [0.2, 0.25) is 0 Å². The molecular weight excluding hydrogens is 528 g/mol. The normalized spacial score (nSPS) is 11.0. The molecule has 0 unspecified atom stereocenters. The molecule has 0 saturated carbocycles. The summed E-state index contributed by atoms with van der Waals surface area (Å²) in [4.78, 5) is 26.8. The lowest BCUT2D eigenvalue weighted by Crippen LogP contribution is -2.34. The van der Waals surface area contributed by atoms with E-state index in [0.717, 1.165) is 47.8 Å². The molecule has 0 aliphatic rings. The zero-order chi connectivity index (χ0) is 28.1. The van der Waals surface area contributed by atoms with Crippen LogP contribution in [0.1, 0.15) is 28.0 Å². The molecule has 2 aromatic heterocycles. The van der Waals surface area contributed by atoms with Crippen LogP contribution in [0.3, 0.4) is 0 Å². The third-order valence-electron chi connectivity index (χ3n) is 6.77. The van der Waals surface area contributed by atoms with Crippen LogP contribution >= 0.6 is 11.3 Å². The molecule has 0 N–H and O–H groups in total. The number of nitrogens with zero attached hydrogens (tertiary/aromatic N) is 4. The zero-order valence-electron chi connectivity index (χ0n) is 23.0. The third kappa shape index (κ3) is 8.83. The van der Waals surface area contributed by atoms with Crippen molar-refractivity contribution in [2.24, 2.45) is 0 Å². The zero-order valence-corrected chi connectivity index (χ0v) is 23.8. The Balaban J connectivity index is 1.24. The van der Waals surface area contributed by atoms with Crippen LogP contribution in [0.25, 0.3) is 11.3 Å². The lowest BCUT2D eigenvalue weighted by Gasteiger charge is -2.26. The van der Waals surface area contributed by atoms with Crippen molar-refractivity contribution in [2.45, 2.75) is 32.7 Å². The van der Waals surface area contributed by atoms with Crippen molar-refractivity contribution in [1.82, 2.24) is 19.8 Å². The first-order valence-corrected chi connectivity index (χ1v) is 14.7. The number of benzene rings is 3. The number of hydrogen-bond donors (Lipinski definition) is 0. The number of aromatic nitrogens is 2. The van der Waals surface area contributed by atoms with Gasteiger partial charge in [-0.05, 0) is 35.2 Å². The number of rotatable bonds is 13. The Morgan fingerprint density at radius 1 is 0.732 bits per heavy atom. The van der Waals surface area contributed by atoms with Crippen molar-refractivity contribution in [1.29, 1.82) is 0 Å². The Kier molecular flexibility index (Phi) is 10.2. The average molecular weight is 563 g/mol. The van der Waals surface area contributed by atoms with Crippen molar-refractivity contribution in [3.8, 4) is 11.3 Å². The van der Waals surface area contributed by atoms with Gasteiger partial charge in [-0.1, -0.05) is 91.0 Å². The standard InChI is InChI=1S/C34H34N4O2S/c39-34(40-26-32-22-35-27-41-32)38(25-29-12-5-2-6-13-29)21-9-20-37(23-28-10-3-1-4-11-28)24-30-15-17-31(18-16-30)33-14-7-8-19-36-33/h1-8,10-19,22,27H,9,20-21,23-26H2. The summed E-state index contributed by atoms with van der Waals surface area (Å²) in [6.07, 6.45) is 4.08. The van der Waals surface area contributed by atoms with E-state index in [1.54, 1.807) is 16.6 Å². The Labute approximate surface area is 245 Å². The summed E-state index contributed by atoms with van der Waals surface area (Å²) in [6.45, 7) is 3.83. The van der Waals surface area contributed by atoms with Gasteiger partial charge in [-0.15, -0.1) is 11.3 Å². The topological polar surface area (TPSA) is 58.6 Å². The minimum atomic E-state index is -0.304. The molecule has 5 rings (SSSR count). The summed E-state index contributed by atoms with van der Waals surface area (Å²) in [6, 6.07) is 35.2. The number of carbonyl (C=O) groups excluding carboxylic acids is 1. The van der Waals surface area contributed by atoms with E-state index < -0.39 is 0 Å². The molecule has 3 aromatic carbocycles. The monoisotopic (exact) mass is 562 g/mol. The van der Waals surface area contributed by atoms with Gasteiger partial charge < -0.3 is 9.64 Å². The maximum Gasteiger partial charge on any atom is 0.410 e. The van der Waals surface area contributed by atoms with Crippen LogP contribution in [-0.2, 0) is 31.0 Å². The Morgan fingerprint density at radius 2 is 1.39 bits per heavy atom. The van der Waals surface area contributed by atoms with E-state index in [2.05, 4.69) is 63.4 Å². The van der Waals surface area contributed by atoms with Gasteiger partial charge >= 0.3 is 6.09 Å². The van der Waals surface area contributed by atoms with Crippen LogP contribution in [-0.4, -0.2) is 39.0 Å². The Bertz CT molecular complexity index is 1450. The van der Waals surface area contributed by atoms with Gasteiger partial charge in [0.15, 0.2) is 0 Å². The fourth-order valence-corrected chi connectivity index (χ4v) is 5.20. The quantitative estimate of drug-likeness (QED) is 0.149. The summed E-state index contributed by atoms with van der Waals surface area (Å²) in [5.41, 5.74) is 7.42. The van der Waals surface area contributed by atoms with Crippen LogP contribution in [0, 0.1) is 0 Å². The predicted octanol–water partition coefficient (Wildman–Crippen LogP) is 7.44. The van der Waals surface area contributed by atoms with Crippen LogP contribution in [0.5, 0.6) is 0 Å². The van der Waals surface area contributed by atoms with Gasteiger partial charge in [0.05, 0.1) is 16.1 Å². The number of carbonyl (C=O) groups is 1. The first kappa shape index (κ1) is 28.2. The molecule has 0 spiro atoms. The molecule has 0 atom stereocenters. The van der Waals surface area contributed by atoms with Crippen molar-refractivity contribution in [3.63, 3.8) is 0 Å². The van der Waals surface area contributed by atoms with Gasteiger partial charge in [-0.3, -0.25) is 14.9 Å². The van der Waals surface area contributed by atoms with E-state index in [-0.39, 0.29) is 12.7 Å². The number of amides is 1. The summed E-state index contributed by atoms with van der Waals surface area (Å²) >= 11 is 1.49. The Morgan fingerprint density at radius 3 is 2.02 bits per heavy atom. The summed E-state index contributed by atoms with van der Waals surface area (Å²) in [7, 11) is 0. The molecule has 208 valence electrons. The predicted molar refractivity (Wildman–Crippen MR) is 164 cm³/mol. The molecule has 6 nitrogen and oxygen atoms in total. The van der Waals surface area contributed by atoms with Gasteiger partial charge in [0.25, 0.3) is 0 Å². The highest BCUT2D eigenvalue weighted by atomic mass is 32.1. The molecule has 0 aliphatic heterocycles.